The third kappa shape index (κ3) is 21.0. The van der Waals surface area contributed by atoms with Crippen molar-refractivity contribution < 1.29 is 46.6 Å². The predicted octanol–water partition coefficient (Wildman–Crippen LogP) is 1.77. The fourth-order valence-electron chi connectivity index (χ4n) is 4.11. The van der Waals surface area contributed by atoms with E-state index in [0.29, 0.717) is 11.1 Å². The molecule has 2 aromatic carbocycles. The van der Waals surface area contributed by atoms with Gasteiger partial charge in [-0.05, 0) is 84.6 Å². The summed E-state index contributed by atoms with van der Waals surface area (Å²) < 4.78 is 44.7. The van der Waals surface area contributed by atoms with Gasteiger partial charge in [0.2, 0.25) is 0 Å². The van der Waals surface area contributed by atoms with Crippen LogP contribution in [0.4, 0.5) is 0 Å². The molecule has 0 unspecified atom stereocenters. The van der Waals surface area contributed by atoms with Gasteiger partial charge in [0.15, 0.2) is 0 Å². The molecule has 0 aliphatic rings. The predicted molar refractivity (Wildman–Crippen MR) is 221 cm³/mol. The summed E-state index contributed by atoms with van der Waals surface area (Å²) in [5.74, 6) is 4.78. The molecule has 4 N–H and O–H groups in total. The molecule has 2 aromatic heterocycles. The van der Waals surface area contributed by atoms with E-state index in [9.17, 15) is 9.59 Å². The molecule has 4 aromatic rings. The lowest BCUT2D eigenvalue weighted by Crippen LogP contribution is -2.76. The summed E-state index contributed by atoms with van der Waals surface area (Å²) in [5.41, 5.74) is 3.18. The molecule has 0 saturated carbocycles. The molecule has 0 atom stereocenters. The molecule has 19 heteroatoms. The average molecular weight is 849 g/mol. The molecule has 0 saturated heterocycles. The number of amides is 2. The molecule has 55 heavy (non-hydrogen) atoms. The second kappa shape index (κ2) is 27.5. The van der Waals surface area contributed by atoms with Crippen molar-refractivity contribution in [2.75, 3.05) is 51.3 Å². The van der Waals surface area contributed by atoms with Gasteiger partial charge in [0.1, 0.15) is 11.5 Å². The highest BCUT2D eigenvalue weighted by Gasteiger charge is 2.15. The van der Waals surface area contributed by atoms with E-state index in [1.165, 1.54) is 23.5 Å². The van der Waals surface area contributed by atoms with Crippen molar-refractivity contribution in [1.29, 1.82) is 0 Å². The van der Waals surface area contributed by atoms with Crippen molar-refractivity contribution in [2.24, 2.45) is 0 Å². The number of rotatable bonds is 14. The monoisotopic (exact) mass is 848 g/mol. The third-order valence-corrected chi connectivity index (χ3v) is 9.86. The molecule has 0 radical (unpaired) electrons. The minimum atomic E-state index is -5.17. The number of benzene rings is 2. The summed E-state index contributed by atoms with van der Waals surface area (Å²) in [4.78, 5) is 39.5. The molecule has 2 amide bonds. The van der Waals surface area contributed by atoms with Crippen molar-refractivity contribution in [1.82, 2.24) is 20.6 Å². The van der Waals surface area contributed by atoms with Crippen molar-refractivity contribution in [3.63, 3.8) is 0 Å². The van der Waals surface area contributed by atoms with E-state index in [4.69, 9.17) is 27.0 Å². The lowest BCUT2D eigenvalue weighted by Gasteiger charge is -2.06. The number of nitrogens with one attached hydrogen (secondary N) is 4. The van der Waals surface area contributed by atoms with Gasteiger partial charge >= 0.3 is 22.1 Å². The Kier molecular flexibility index (Phi) is 23.5. The van der Waals surface area contributed by atoms with Gasteiger partial charge in [-0.25, -0.2) is 20.2 Å². The fraction of sp³-hybridized carbons (Fsp3) is 0.278. The Morgan fingerprint density at radius 1 is 0.655 bits per heavy atom. The van der Waals surface area contributed by atoms with E-state index in [1.54, 1.807) is 74.4 Å². The smallest absolute Gasteiger partial charge is 0.339 e. The van der Waals surface area contributed by atoms with Gasteiger partial charge in [-0.15, -0.1) is 0 Å². The Hall–Kier alpha value is -4.11. The van der Waals surface area contributed by atoms with Crippen LogP contribution >= 0.6 is 47.0 Å². The topological polar surface area (TPSA) is 211 Å². The van der Waals surface area contributed by atoms with Gasteiger partial charge in [-0.3, -0.25) is 28.4 Å². The molecular weight excluding hydrogens is 805 g/mol. The van der Waals surface area contributed by atoms with Gasteiger partial charge < -0.3 is 18.6 Å². The lowest BCUT2D eigenvalue weighted by atomic mass is 10.2. The molecule has 0 aliphatic heterocycles. The van der Waals surface area contributed by atoms with Gasteiger partial charge in [-0.2, -0.15) is 23.5 Å². The number of aromatic nitrogens is 2. The number of hydrogen-bond acceptors (Lipinski definition) is 14. The second-order valence-corrected chi connectivity index (χ2v) is 15.0. The van der Waals surface area contributed by atoms with Crippen LogP contribution in [0.3, 0.4) is 0 Å². The van der Waals surface area contributed by atoms with Crippen LogP contribution in [-0.4, -0.2) is 101 Å². The van der Waals surface area contributed by atoms with E-state index >= 15 is 0 Å². The number of thioether (sulfide) groups is 4. The number of pyridine rings is 2. The number of nitrogens with zero attached hydrogens (tertiary/aromatic N) is 2. The quantitative estimate of drug-likeness (QED) is 0.0469. The molecular formula is C36H44N6O8S5. The summed E-state index contributed by atoms with van der Waals surface area (Å²) in [6, 6.07) is 25.9. The normalized spacial score (nSPS) is 11.2. The number of ether oxygens (including phenoxy) is 2. The highest BCUT2D eigenvalue weighted by atomic mass is 32.3. The molecule has 4 rings (SSSR count). The largest absolute Gasteiger partial charge is 0.759 e. The Bertz CT molecular complexity index is 1780. The molecule has 296 valence electrons. The highest BCUT2D eigenvalue weighted by Crippen LogP contribution is 2.20. The van der Waals surface area contributed by atoms with Gasteiger partial charge in [0, 0.05) is 45.8 Å². The number of amidine groups is 2. The standard InChI is InChI=1S/2C18H21N3O2S2.H2O4S/c2*1-23-16-9-6-10-19-15(16)13-25-12-11-20-18(24-2)21-17(22)14-7-4-3-5-8-14;1-5(2,3)4/h2*3-10H,11-13H2,1-2H3,(H,20,21,22);(H2,1,2,3,4). The minimum absolute atomic E-state index is 0.108. The summed E-state index contributed by atoms with van der Waals surface area (Å²) in [5, 5.41) is 7.30. The molecule has 0 fully saturated rings. The molecule has 14 nitrogen and oxygen atoms in total. The van der Waals surface area contributed by atoms with Crippen molar-refractivity contribution in [3.8, 4) is 11.5 Å². The van der Waals surface area contributed by atoms with Crippen LogP contribution in [0.2, 0.25) is 0 Å². The van der Waals surface area contributed by atoms with Crippen LogP contribution in [0.25, 0.3) is 0 Å². The third-order valence-electron chi connectivity index (χ3n) is 6.61. The summed E-state index contributed by atoms with van der Waals surface area (Å²) in [6.07, 6.45) is 7.41. The Morgan fingerprint density at radius 3 is 1.35 bits per heavy atom. The van der Waals surface area contributed by atoms with Crippen molar-refractivity contribution in [2.45, 2.75) is 11.5 Å². The first-order chi connectivity index (χ1) is 26.5. The summed E-state index contributed by atoms with van der Waals surface area (Å²) in [7, 11) is -1.86. The number of hydrogen-bond donors (Lipinski definition) is 4. The molecule has 2 heterocycles. The Labute approximate surface area is 339 Å². The van der Waals surface area contributed by atoms with Gasteiger partial charge in [0.05, 0.1) is 49.8 Å². The first kappa shape index (κ1) is 47.0. The Balaban J connectivity index is 0.000000338. The lowest BCUT2D eigenvalue weighted by molar-refractivity contribution is -0.449. The van der Waals surface area contributed by atoms with Gasteiger partial charge in [-0.1, -0.05) is 36.4 Å². The number of carbonyl (C=O) groups excluding carboxylic acids is 2. The maximum atomic E-state index is 12.1. The summed E-state index contributed by atoms with van der Waals surface area (Å²) >= 11 is 6.50. The van der Waals surface area contributed by atoms with Crippen LogP contribution in [-0.2, 0) is 21.9 Å². The maximum absolute atomic E-state index is 12.1. The Morgan fingerprint density at radius 2 is 1.02 bits per heavy atom. The summed E-state index contributed by atoms with van der Waals surface area (Å²) in [6.45, 7) is 1.51. The molecule has 0 bridgehead atoms. The number of methoxy groups -OCH3 is 2. The number of carbonyl (C=O) groups is 2. The molecule has 0 spiro atoms. The zero-order chi connectivity index (χ0) is 40.3. The van der Waals surface area contributed by atoms with E-state index in [0.717, 1.165) is 69.3 Å². The van der Waals surface area contributed by atoms with Crippen LogP contribution in [0.15, 0.2) is 97.3 Å². The van der Waals surface area contributed by atoms with E-state index in [-0.39, 0.29) is 11.8 Å². The highest BCUT2D eigenvalue weighted by molar-refractivity contribution is 8.13. The second-order valence-electron chi connectivity index (χ2n) is 10.4. The van der Waals surface area contributed by atoms with Crippen LogP contribution < -0.4 is 30.1 Å². The van der Waals surface area contributed by atoms with E-state index < -0.39 is 10.4 Å². The van der Waals surface area contributed by atoms with Crippen LogP contribution in [0.5, 0.6) is 11.5 Å². The minimum Gasteiger partial charge on any atom is -0.759 e. The first-order valence-electron chi connectivity index (χ1n) is 16.3. The first-order valence-corrected chi connectivity index (χ1v) is 22.4. The molecule has 0 aliphatic carbocycles. The SMILES string of the molecule is COc1cccnc1CSCC[NH+]=C(NC(=O)c1ccccc1)SC.COc1cccnc1CSCC[NH+]=C(NC(=O)c1ccccc1)SC.O=S(=O)([O-])[O-]. The van der Waals surface area contributed by atoms with Crippen LogP contribution in [0, 0.1) is 0 Å². The van der Waals surface area contributed by atoms with Gasteiger partial charge in [0.25, 0.3) is 0 Å². The van der Waals surface area contributed by atoms with Crippen molar-refractivity contribution in [3.05, 3.63) is 120 Å². The maximum Gasteiger partial charge on any atom is 0.339 e. The average Bonchev–Trinajstić information content (AvgIpc) is 3.20. The fourth-order valence-corrected chi connectivity index (χ4v) is 6.59. The van der Waals surface area contributed by atoms with E-state index in [2.05, 4.69) is 30.6 Å². The van der Waals surface area contributed by atoms with Crippen molar-refractivity contribution >= 4 is 79.6 Å². The van der Waals surface area contributed by atoms with E-state index in [1.807, 2.05) is 73.2 Å². The zero-order valence-corrected chi connectivity index (χ0v) is 34.8. The zero-order valence-electron chi connectivity index (χ0n) is 30.7. The van der Waals surface area contributed by atoms with Crippen LogP contribution in [0.1, 0.15) is 32.1 Å².